The lowest BCUT2D eigenvalue weighted by atomic mass is 10.1. The fourth-order valence-corrected chi connectivity index (χ4v) is 1.74. The summed E-state index contributed by atoms with van der Waals surface area (Å²) in [6, 6.07) is 16.4. The van der Waals surface area contributed by atoms with Crippen molar-refractivity contribution in [2.45, 2.75) is 13.0 Å². The van der Waals surface area contributed by atoms with Gasteiger partial charge in [-0.1, -0.05) is 54.6 Å². The summed E-state index contributed by atoms with van der Waals surface area (Å²) in [4.78, 5) is 11.7. The summed E-state index contributed by atoms with van der Waals surface area (Å²) in [5, 5.41) is 13.7. The third-order valence-electron chi connectivity index (χ3n) is 2.93. The Morgan fingerprint density at radius 3 is 2.50 bits per heavy atom. The fraction of sp³-hybridized carbons (Fsp3) is 0.125. The molecular formula is C16H16N2O2. The zero-order valence-corrected chi connectivity index (χ0v) is 11.2. The van der Waals surface area contributed by atoms with Gasteiger partial charge in [-0.3, -0.25) is 4.79 Å². The molecule has 2 aromatic carbocycles. The first kappa shape index (κ1) is 14.0. The highest BCUT2D eigenvalue weighted by Gasteiger charge is 2.15. The second-order valence-electron chi connectivity index (χ2n) is 4.40. The van der Waals surface area contributed by atoms with Gasteiger partial charge in [0.25, 0.3) is 5.91 Å². The third-order valence-corrected chi connectivity index (χ3v) is 2.93. The highest BCUT2D eigenvalue weighted by atomic mass is 16.3. The highest BCUT2D eigenvalue weighted by Crippen LogP contribution is 2.11. The van der Waals surface area contributed by atoms with Crippen molar-refractivity contribution in [1.82, 2.24) is 5.43 Å². The largest absolute Gasteiger partial charge is 0.378 e. The van der Waals surface area contributed by atoms with E-state index in [1.165, 1.54) is 0 Å². The highest BCUT2D eigenvalue weighted by molar-refractivity contribution is 5.85. The van der Waals surface area contributed by atoms with Crippen LogP contribution >= 0.6 is 0 Å². The van der Waals surface area contributed by atoms with Crippen LogP contribution in [0, 0.1) is 6.92 Å². The van der Waals surface area contributed by atoms with Crippen LogP contribution in [-0.4, -0.2) is 17.2 Å². The number of nitrogens with zero attached hydrogens (tertiary/aromatic N) is 1. The summed E-state index contributed by atoms with van der Waals surface area (Å²) < 4.78 is 0. The molecule has 0 aliphatic rings. The number of carbonyl (C=O) groups is 1. The molecule has 20 heavy (non-hydrogen) atoms. The molecule has 4 nitrogen and oxygen atoms in total. The minimum atomic E-state index is -1.22. The summed E-state index contributed by atoms with van der Waals surface area (Å²) in [7, 11) is 0. The van der Waals surface area contributed by atoms with Crippen LogP contribution in [0.2, 0.25) is 0 Å². The van der Waals surface area contributed by atoms with E-state index in [1.807, 2.05) is 37.3 Å². The van der Waals surface area contributed by atoms with Gasteiger partial charge in [-0.25, -0.2) is 5.43 Å². The van der Waals surface area contributed by atoms with E-state index in [9.17, 15) is 9.90 Å². The Kier molecular flexibility index (Phi) is 4.63. The van der Waals surface area contributed by atoms with Crippen molar-refractivity contribution < 1.29 is 9.90 Å². The molecule has 102 valence electrons. The van der Waals surface area contributed by atoms with Crippen LogP contribution in [0.4, 0.5) is 0 Å². The summed E-state index contributed by atoms with van der Waals surface area (Å²) >= 11 is 0. The lowest BCUT2D eigenvalue weighted by Crippen LogP contribution is -2.25. The number of rotatable bonds is 4. The van der Waals surface area contributed by atoms with Crippen LogP contribution < -0.4 is 5.43 Å². The number of hydrazone groups is 1. The second-order valence-corrected chi connectivity index (χ2v) is 4.40. The molecule has 1 amide bonds. The van der Waals surface area contributed by atoms with Crippen LogP contribution in [0.3, 0.4) is 0 Å². The van der Waals surface area contributed by atoms with Crippen molar-refractivity contribution >= 4 is 12.1 Å². The van der Waals surface area contributed by atoms with Crippen LogP contribution in [-0.2, 0) is 4.79 Å². The SMILES string of the molecule is Cc1ccccc1/C=N/NC(=O)C(O)c1ccccc1. The van der Waals surface area contributed by atoms with Crippen molar-refractivity contribution in [2.75, 3.05) is 0 Å². The third kappa shape index (κ3) is 3.52. The molecular weight excluding hydrogens is 252 g/mol. The topological polar surface area (TPSA) is 61.7 Å². The molecule has 0 bridgehead atoms. The Hall–Kier alpha value is -2.46. The van der Waals surface area contributed by atoms with E-state index in [-0.39, 0.29) is 0 Å². The normalized spacial score (nSPS) is 12.3. The standard InChI is InChI=1S/C16H16N2O2/c1-12-7-5-6-10-14(12)11-17-18-16(20)15(19)13-8-3-2-4-9-13/h2-11,15,19H,1H3,(H,18,20)/b17-11+. The summed E-state index contributed by atoms with van der Waals surface area (Å²) in [6.45, 7) is 1.96. The van der Waals surface area contributed by atoms with Gasteiger partial charge in [0.05, 0.1) is 6.21 Å². The molecule has 2 rings (SSSR count). The average molecular weight is 268 g/mol. The molecule has 0 saturated carbocycles. The summed E-state index contributed by atoms with van der Waals surface area (Å²) in [6.07, 6.45) is 0.343. The monoisotopic (exact) mass is 268 g/mol. The Morgan fingerprint density at radius 1 is 1.15 bits per heavy atom. The van der Waals surface area contributed by atoms with Gasteiger partial charge in [0.15, 0.2) is 6.10 Å². The Bertz CT molecular complexity index is 609. The van der Waals surface area contributed by atoms with Crippen molar-refractivity contribution in [3.05, 3.63) is 71.3 Å². The number of carbonyl (C=O) groups excluding carboxylic acids is 1. The van der Waals surface area contributed by atoms with E-state index in [0.29, 0.717) is 5.56 Å². The van der Waals surface area contributed by atoms with E-state index in [0.717, 1.165) is 11.1 Å². The minimum absolute atomic E-state index is 0.538. The number of benzene rings is 2. The van der Waals surface area contributed by atoms with E-state index >= 15 is 0 Å². The Morgan fingerprint density at radius 2 is 1.80 bits per heavy atom. The van der Waals surface area contributed by atoms with Gasteiger partial charge < -0.3 is 5.11 Å². The quantitative estimate of drug-likeness (QED) is 0.659. The molecule has 0 aliphatic heterocycles. The molecule has 1 unspecified atom stereocenters. The Balaban J connectivity index is 1.97. The van der Waals surface area contributed by atoms with Crippen LogP contribution in [0.1, 0.15) is 22.8 Å². The van der Waals surface area contributed by atoms with Crippen LogP contribution in [0.25, 0.3) is 0 Å². The predicted octanol–water partition coefficient (Wildman–Crippen LogP) is 2.18. The van der Waals surface area contributed by atoms with Crippen LogP contribution in [0.5, 0.6) is 0 Å². The first-order valence-corrected chi connectivity index (χ1v) is 6.30. The number of amides is 1. The molecule has 0 aliphatic carbocycles. The minimum Gasteiger partial charge on any atom is -0.378 e. The molecule has 2 aromatic rings. The van der Waals surface area contributed by atoms with Gasteiger partial charge in [-0.05, 0) is 23.6 Å². The molecule has 4 heteroatoms. The summed E-state index contributed by atoms with van der Waals surface area (Å²) in [5.74, 6) is -0.555. The Labute approximate surface area is 117 Å². The number of aliphatic hydroxyl groups is 1. The molecule has 0 fully saturated rings. The van der Waals surface area contributed by atoms with Gasteiger partial charge in [0, 0.05) is 0 Å². The lowest BCUT2D eigenvalue weighted by Gasteiger charge is -2.08. The molecule has 0 saturated heterocycles. The van der Waals surface area contributed by atoms with E-state index < -0.39 is 12.0 Å². The van der Waals surface area contributed by atoms with Crippen molar-refractivity contribution in [3.8, 4) is 0 Å². The maximum absolute atomic E-state index is 11.7. The number of aliphatic hydroxyl groups excluding tert-OH is 1. The molecule has 2 N–H and O–H groups in total. The van der Waals surface area contributed by atoms with Crippen molar-refractivity contribution in [2.24, 2.45) is 5.10 Å². The van der Waals surface area contributed by atoms with Gasteiger partial charge in [0.1, 0.15) is 0 Å². The smallest absolute Gasteiger partial charge is 0.273 e. The first-order chi connectivity index (χ1) is 9.68. The van der Waals surface area contributed by atoms with Gasteiger partial charge in [-0.2, -0.15) is 5.10 Å². The lowest BCUT2D eigenvalue weighted by molar-refractivity contribution is -0.129. The van der Waals surface area contributed by atoms with Gasteiger partial charge in [-0.15, -0.1) is 0 Å². The average Bonchev–Trinajstić information content (AvgIpc) is 2.49. The van der Waals surface area contributed by atoms with E-state index in [2.05, 4.69) is 10.5 Å². The number of nitrogens with one attached hydrogen (secondary N) is 1. The second kappa shape index (κ2) is 6.63. The summed E-state index contributed by atoms with van der Waals surface area (Å²) in [5.41, 5.74) is 4.86. The van der Waals surface area contributed by atoms with E-state index in [1.54, 1.807) is 30.5 Å². The number of hydrogen-bond donors (Lipinski definition) is 2. The molecule has 1 atom stereocenters. The molecule has 0 aromatic heterocycles. The van der Waals surface area contributed by atoms with Crippen molar-refractivity contribution in [1.29, 1.82) is 0 Å². The first-order valence-electron chi connectivity index (χ1n) is 6.30. The number of aryl methyl sites for hydroxylation is 1. The molecule has 0 heterocycles. The predicted molar refractivity (Wildman–Crippen MR) is 78.3 cm³/mol. The molecule has 0 radical (unpaired) electrons. The number of hydrogen-bond acceptors (Lipinski definition) is 3. The fourth-order valence-electron chi connectivity index (χ4n) is 1.74. The zero-order valence-electron chi connectivity index (χ0n) is 11.2. The molecule has 0 spiro atoms. The maximum Gasteiger partial charge on any atom is 0.273 e. The van der Waals surface area contributed by atoms with Gasteiger partial charge >= 0.3 is 0 Å². The zero-order chi connectivity index (χ0) is 14.4. The van der Waals surface area contributed by atoms with Crippen LogP contribution in [0.15, 0.2) is 59.7 Å². The van der Waals surface area contributed by atoms with Crippen molar-refractivity contribution in [3.63, 3.8) is 0 Å². The van der Waals surface area contributed by atoms with E-state index in [4.69, 9.17) is 0 Å². The maximum atomic E-state index is 11.7. The van der Waals surface area contributed by atoms with Gasteiger partial charge in [0.2, 0.25) is 0 Å².